The van der Waals surface area contributed by atoms with Gasteiger partial charge in [-0.3, -0.25) is 4.79 Å². The predicted molar refractivity (Wildman–Crippen MR) is 107 cm³/mol. The van der Waals surface area contributed by atoms with Crippen molar-refractivity contribution in [3.63, 3.8) is 0 Å². The molecule has 4 saturated carbocycles. The summed E-state index contributed by atoms with van der Waals surface area (Å²) in [5.74, 6) is 3.17. The summed E-state index contributed by atoms with van der Waals surface area (Å²) in [4.78, 5) is 15.5. The molecule has 138 valence electrons. The molecule has 7 rings (SSSR count). The smallest absolute Gasteiger partial charge is 0.232 e. The Labute approximate surface area is 161 Å². The molecule has 1 unspecified atom stereocenters. The van der Waals surface area contributed by atoms with Gasteiger partial charge in [0.15, 0.2) is 0 Å². The van der Waals surface area contributed by atoms with Gasteiger partial charge in [-0.2, -0.15) is 0 Å². The van der Waals surface area contributed by atoms with E-state index in [1.165, 1.54) is 55.2 Å². The molecule has 4 bridgehead atoms. The Morgan fingerprint density at radius 1 is 0.741 bits per heavy atom. The van der Waals surface area contributed by atoms with E-state index in [0.29, 0.717) is 5.91 Å². The van der Waals surface area contributed by atoms with Crippen molar-refractivity contribution in [1.29, 1.82) is 0 Å². The lowest BCUT2D eigenvalue weighted by Crippen LogP contribution is -2.68. The second-order valence-electron chi connectivity index (χ2n) is 9.63. The van der Waals surface area contributed by atoms with Gasteiger partial charge in [0.25, 0.3) is 0 Å². The van der Waals surface area contributed by atoms with Gasteiger partial charge in [-0.15, -0.1) is 0 Å². The van der Waals surface area contributed by atoms with Crippen LogP contribution in [-0.2, 0) is 4.79 Å². The molecule has 1 aliphatic heterocycles. The van der Waals surface area contributed by atoms with Crippen LogP contribution in [0.15, 0.2) is 54.6 Å². The fourth-order valence-corrected chi connectivity index (χ4v) is 7.04. The van der Waals surface area contributed by atoms with Crippen molar-refractivity contribution in [2.45, 2.75) is 50.0 Å². The normalized spacial score (nSPS) is 36.7. The van der Waals surface area contributed by atoms with Crippen LogP contribution in [0.4, 0.5) is 0 Å². The van der Waals surface area contributed by atoms with Crippen molar-refractivity contribution in [3.8, 4) is 11.1 Å². The van der Waals surface area contributed by atoms with Crippen LogP contribution in [0.1, 0.15) is 50.0 Å². The molecule has 0 N–H and O–H groups in total. The minimum Gasteiger partial charge on any atom is -0.335 e. The Morgan fingerprint density at radius 3 is 1.85 bits per heavy atom. The highest BCUT2D eigenvalue weighted by atomic mass is 16.2. The molecule has 5 aliphatic rings. The third-order valence-electron chi connectivity index (χ3n) is 7.93. The number of carbonyl (C=O) groups is 1. The van der Waals surface area contributed by atoms with Crippen LogP contribution in [-0.4, -0.2) is 22.9 Å². The summed E-state index contributed by atoms with van der Waals surface area (Å²) in [5.41, 5.74) is 3.88. The van der Waals surface area contributed by atoms with Crippen molar-refractivity contribution in [2.24, 2.45) is 17.8 Å². The van der Waals surface area contributed by atoms with Crippen molar-refractivity contribution in [2.75, 3.05) is 6.54 Å². The monoisotopic (exact) mass is 357 g/mol. The second-order valence-corrected chi connectivity index (χ2v) is 9.63. The van der Waals surface area contributed by atoms with Crippen molar-refractivity contribution >= 4 is 5.91 Å². The molecule has 5 fully saturated rings. The molecule has 1 amide bonds. The number of benzene rings is 2. The summed E-state index contributed by atoms with van der Waals surface area (Å²) in [7, 11) is 0. The largest absolute Gasteiger partial charge is 0.335 e. The summed E-state index contributed by atoms with van der Waals surface area (Å²) in [5, 5.41) is 0. The van der Waals surface area contributed by atoms with Gasteiger partial charge in [-0.05, 0) is 73.0 Å². The number of nitrogens with zero attached hydrogens (tertiary/aromatic N) is 1. The Bertz CT molecular complexity index is 834. The third-order valence-corrected chi connectivity index (χ3v) is 7.93. The van der Waals surface area contributed by atoms with Crippen LogP contribution in [0.3, 0.4) is 0 Å². The predicted octanol–water partition coefficient (Wildman–Crippen LogP) is 5.25. The molecule has 1 heterocycles. The average molecular weight is 357 g/mol. The maximum atomic E-state index is 13.2. The highest BCUT2D eigenvalue weighted by molar-refractivity contribution is 5.90. The van der Waals surface area contributed by atoms with Crippen LogP contribution < -0.4 is 0 Å². The number of amides is 1. The highest BCUT2D eigenvalue weighted by Crippen LogP contribution is 2.59. The van der Waals surface area contributed by atoms with E-state index in [9.17, 15) is 4.79 Å². The van der Waals surface area contributed by atoms with Crippen molar-refractivity contribution < 1.29 is 4.79 Å². The van der Waals surface area contributed by atoms with E-state index >= 15 is 0 Å². The molecule has 1 atom stereocenters. The zero-order chi connectivity index (χ0) is 18.0. The van der Waals surface area contributed by atoms with Gasteiger partial charge < -0.3 is 4.90 Å². The topological polar surface area (TPSA) is 20.3 Å². The van der Waals surface area contributed by atoms with Gasteiger partial charge in [-0.1, -0.05) is 54.6 Å². The molecular formula is C25H27NO. The molecule has 2 aromatic rings. The number of hydrogen-bond donors (Lipinski definition) is 0. The molecule has 2 aromatic carbocycles. The standard InChI is InChI=1S/C25H27NO/c27-24-23(22-8-6-21(7-9-22)20-4-2-1-3-5-20)16-26(24)25-13-17-10-18(14-25)12-19(11-17)15-25/h1-9,17-19,23H,10-16H2. The van der Waals surface area contributed by atoms with E-state index < -0.39 is 0 Å². The number of β-lactam (4-membered cyclic amide) rings is 1. The maximum absolute atomic E-state index is 13.2. The Kier molecular flexibility index (Phi) is 3.36. The Morgan fingerprint density at radius 2 is 1.30 bits per heavy atom. The van der Waals surface area contributed by atoms with Crippen LogP contribution >= 0.6 is 0 Å². The summed E-state index contributed by atoms with van der Waals surface area (Å²) in [6, 6.07) is 19.1. The molecule has 0 radical (unpaired) electrons. The molecule has 0 aromatic heterocycles. The number of rotatable bonds is 3. The quantitative estimate of drug-likeness (QED) is 0.687. The first-order chi connectivity index (χ1) is 13.2. The van der Waals surface area contributed by atoms with E-state index in [0.717, 1.165) is 24.3 Å². The molecule has 1 saturated heterocycles. The Balaban J connectivity index is 1.20. The lowest BCUT2D eigenvalue weighted by molar-refractivity contribution is -0.168. The first kappa shape index (κ1) is 15.9. The maximum Gasteiger partial charge on any atom is 0.232 e. The van der Waals surface area contributed by atoms with Crippen molar-refractivity contribution in [1.82, 2.24) is 4.90 Å². The molecule has 2 nitrogen and oxygen atoms in total. The lowest BCUT2D eigenvalue weighted by Gasteiger charge is -2.63. The van der Waals surface area contributed by atoms with Crippen molar-refractivity contribution in [3.05, 3.63) is 60.2 Å². The van der Waals surface area contributed by atoms with Crippen LogP contribution in [0.2, 0.25) is 0 Å². The molecular weight excluding hydrogens is 330 g/mol. The van der Waals surface area contributed by atoms with Crippen LogP contribution in [0.25, 0.3) is 11.1 Å². The fourth-order valence-electron chi connectivity index (χ4n) is 7.04. The SMILES string of the molecule is O=C1C(c2ccc(-c3ccccc3)cc2)CN1C12CC3CC(CC(C3)C1)C2. The molecule has 0 spiro atoms. The van der Waals surface area contributed by atoms with Gasteiger partial charge in [0.2, 0.25) is 5.91 Å². The zero-order valence-corrected chi connectivity index (χ0v) is 15.8. The van der Waals surface area contributed by atoms with Gasteiger partial charge in [-0.25, -0.2) is 0 Å². The summed E-state index contributed by atoms with van der Waals surface area (Å²) in [6.07, 6.45) is 8.15. The first-order valence-electron chi connectivity index (χ1n) is 10.7. The first-order valence-corrected chi connectivity index (χ1v) is 10.7. The highest BCUT2D eigenvalue weighted by Gasteiger charge is 2.58. The molecule has 27 heavy (non-hydrogen) atoms. The average Bonchev–Trinajstić information content (AvgIpc) is 2.67. The van der Waals surface area contributed by atoms with E-state index in [4.69, 9.17) is 0 Å². The van der Waals surface area contributed by atoms with Gasteiger partial charge in [0.05, 0.1) is 5.92 Å². The fraction of sp³-hybridized carbons (Fsp3) is 0.480. The van der Waals surface area contributed by atoms with Gasteiger partial charge >= 0.3 is 0 Å². The molecule has 2 heteroatoms. The van der Waals surface area contributed by atoms with E-state index in [1.807, 2.05) is 6.07 Å². The third kappa shape index (κ3) is 2.42. The number of hydrogen-bond acceptors (Lipinski definition) is 1. The number of likely N-dealkylation sites (tertiary alicyclic amines) is 1. The van der Waals surface area contributed by atoms with Gasteiger partial charge in [0.1, 0.15) is 0 Å². The molecule has 4 aliphatic carbocycles. The minimum atomic E-state index is 0.0860. The van der Waals surface area contributed by atoms with E-state index in [1.54, 1.807) is 0 Å². The Hall–Kier alpha value is -2.09. The summed E-state index contributed by atoms with van der Waals surface area (Å²) < 4.78 is 0. The summed E-state index contributed by atoms with van der Waals surface area (Å²) in [6.45, 7) is 0.940. The summed E-state index contributed by atoms with van der Waals surface area (Å²) >= 11 is 0. The number of carbonyl (C=O) groups excluding carboxylic acids is 1. The van der Waals surface area contributed by atoms with E-state index in [2.05, 4.69) is 53.4 Å². The van der Waals surface area contributed by atoms with Gasteiger partial charge in [0, 0.05) is 12.1 Å². The zero-order valence-electron chi connectivity index (χ0n) is 15.8. The minimum absolute atomic E-state index is 0.0860. The van der Waals surface area contributed by atoms with Crippen LogP contribution in [0.5, 0.6) is 0 Å². The van der Waals surface area contributed by atoms with Crippen LogP contribution in [0, 0.1) is 17.8 Å². The second kappa shape index (κ2) is 5.70. The van der Waals surface area contributed by atoms with E-state index in [-0.39, 0.29) is 11.5 Å². The lowest BCUT2D eigenvalue weighted by atomic mass is 9.52.